The zero-order valence-corrected chi connectivity index (χ0v) is 9.49. The predicted octanol–water partition coefficient (Wildman–Crippen LogP) is 1.55. The van der Waals surface area contributed by atoms with Crippen molar-refractivity contribution in [2.24, 2.45) is 0 Å². The van der Waals surface area contributed by atoms with Crippen molar-refractivity contribution in [3.63, 3.8) is 0 Å². The second kappa shape index (κ2) is 4.77. The topological polar surface area (TPSA) is 41.3 Å². The summed E-state index contributed by atoms with van der Waals surface area (Å²) in [5.74, 6) is 1.81. The van der Waals surface area contributed by atoms with Crippen molar-refractivity contribution < 1.29 is 4.42 Å². The van der Waals surface area contributed by atoms with Crippen LogP contribution in [-0.4, -0.2) is 30.0 Å². The Morgan fingerprint density at radius 2 is 2.53 bits per heavy atom. The highest BCUT2D eigenvalue weighted by molar-refractivity contribution is 5.00. The standard InChI is InChI=1S/C11H19N3O/c1-3-14-6-4-5-10(14)11-13-8-9(15-11)7-12-2/h8,10,12H,3-7H2,1-2H3. The molecule has 0 saturated carbocycles. The molecule has 1 aromatic rings. The molecule has 1 aromatic heterocycles. The van der Waals surface area contributed by atoms with E-state index in [0.717, 1.165) is 24.7 Å². The minimum atomic E-state index is 0.403. The summed E-state index contributed by atoms with van der Waals surface area (Å²) < 4.78 is 5.72. The molecule has 0 bridgehead atoms. The fourth-order valence-electron chi connectivity index (χ4n) is 2.22. The first-order chi connectivity index (χ1) is 7.35. The van der Waals surface area contributed by atoms with E-state index in [9.17, 15) is 0 Å². The highest BCUT2D eigenvalue weighted by atomic mass is 16.4. The zero-order chi connectivity index (χ0) is 10.7. The largest absolute Gasteiger partial charge is 0.443 e. The molecule has 1 unspecified atom stereocenters. The van der Waals surface area contributed by atoms with Crippen molar-refractivity contribution >= 4 is 0 Å². The number of oxazole rings is 1. The Labute approximate surface area is 90.7 Å². The summed E-state index contributed by atoms with van der Waals surface area (Å²) >= 11 is 0. The first-order valence-electron chi connectivity index (χ1n) is 5.68. The van der Waals surface area contributed by atoms with Crippen LogP contribution in [-0.2, 0) is 6.54 Å². The average molecular weight is 209 g/mol. The lowest BCUT2D eigenvalue weighted by molar-refractivity contribution is 0.229. The summed E-state index contributed by atoms with van der Waals surface area (Å²) in [5, 5.41) is 3.07. The van der Waals surface area contributed by atoms with Gasteiger partial charge in [0.2, 0.25) is 5.89 Å². The van der Waals surface area contributed by atoms with Crippen LogP contribution in [0.1, 0.15) is 37.5 Å². The third-order valence-corrected chi connectivity index (χ3v) is 2.98. The SMILES string of the molecule is CCN1CCCC1c1ncc(CNC)o1. The van der Waals surface area contributed by atoms with Crippen LogP contribution in [0.4, 0.5) is 0 Å². The fourth-order valence-corrected chi connectivity index (χ4v) is 2.22. The van der Waals surface area contributed by atoms with Crippen molar-refractivity contribution in [2.75, 3.05) is 20.1 Å². The van der Waals surface area contributed by atoms with E-state index in [1.165, 1.54) is 19.4 Å². The molecule has 1 aliphatic rings. The van der Waals surface area contributed by atoms with Gasteiger partial charge in [0.05, 0.1) is 18.8 Å². The first-order valence-corrected chi connectivity index (χ1v) is 5.68. The summed E-state index contributed by atoms with van der Waals surface area (Å²) in [6.07, 6.45) is 4.26. The lowest BCUT2D eigenvalue weighted by atomic mass is 10.2. The van der Waals surface area contributed by atoms with Crippen molar-refractivity contribution in [3.05, 3.63) is 17.8 Å². The molecule has 1 atom stereocenters. The van der Waals surface area contributed by atoms with Gasteiger partial charge in [0.15, 0.2) is 0 Å². The molecule has 1 saturated heterocycles. The van der Waals surface area contributed by atoms with Gasteiger partial charge >= 0.3 is 0 Å². The molecule has 0 aromatic carbocycles. The second-order valence-corrected chi connectivity index (χ2v) is 3.98. The van der Waals surface area contributed by atoms with Crippen LogP contribution in [0.5, 0.6) is 0 Å². The van der Waals surface area contributed by atoms with E-state index in [1.54, 1.807) is 0 Å². The van der Waals surface area contributed by atoms with E-state index < -0.39 is 0 Å². The normalized spacial score (nSPS) is 22.4. The van der Waals surface area contributed by atoms with E-state index in [4.69, 9.17) is 4.42 Å². The molecule has 2 heterocycles. The van der Waals surface area contributed by atoms with E-state index >= 15 is 0 Å². The molecule has 0 radical (unpaired) electrons. The number of nitrogens with one attached hydrogen (secondary N) is 1. The first kappa shape index (κ1) is 10.6. The Balaban J connectivity index is 2.07. The van der Waals surface area contributed by atoms with Gasteiger partial charge in [-0.25, -0.2) is 4.98 Å². The Morgan fingerprint density at radius 1 is 1.67 bits per heavy atom. The monoisotopic (exact) mass is 209 g/mol. The zero-order valence-electron chi connectivity index (χ0n) is 9.49. The van der Waals surface area contributed by atoms with Crippen LogP contribution in [0, 0.1) is 0 Å². The molecule has 1 N–H and O–H groups in total. The maximum absolute atomic E-state index is 5.72. The van der Waals surface area contributed by atoms with Crippen LogP contribution < -0.4 is 5.32 Å². The van der Waals surface area contributed by atoms with Gasteiger partial charge in [-0.3, -0.25) is 4.90 Å². The number of rotatable bonds is 4. The molecular weight excluding hydrogens is 190 g/mol. The molecule has 2 rings (SSSR count). The summed E-state index contributed by atoms with van der Waals surface area (Å²) in [6, 6.07) is 0.403. The number of nitrogens with zero attached hydrogens (tertiary/aromatic N) is 2. The molecule has 84 valence electrons. The van der Waals surface area contributed by atoms with Gasteiger partial charge in [-0.1, -0.05) is 6.92 Å². The maximum atomic E-state index is 5.72. The summed E-state index contributed by atoms with van der Waals surface area (Å²) in [7, 11) is 1.91. The van der Waals surface area contributed by atoms with Crippen LogP contribution in [0.25, 0.3) is 0 Å². The van der Waals surface area contributed by atoms with Gasteiger partial charge in [-0.15, -0.1) is 0 Å². The molecule has 4 nitrogen and oxygen atoms in total. The van der Waals surface area contributed by atoms with Gasteiger partial charge in [0.1, 0.15) is 5.76 Å². The van der Waals surface area contributed by atoms with E-state index in [-0.39, 0.29) is 0 Å². The Kier molecular flexibility index (Phi) is 3.38. The molecule has 1 aliphatic heterocycles. The second-order valence-electron chi connectivity index (χ2n) is 3.98. The van der Waals surface area contributed by atoms with Gasteiger partial charge in [0.25, 0.3) is 0 Å². The van der Waals surface area contributed by atoms with Crippen molar-refractivity contribution in [2.45, 2.75) is 32.4 Å². The number of hydrogen-bond acceptors (Lipinski definition) is 4. The predicted molar refractivity (Wildman–Crippen MR) is 58.5 cm³/mol. The minimum absolute atomic E-state index is 0.403. The smallest absolute Gasteiger partial charge is 0.211 e. The average Bonchev–Trinajstić information content (AvgIpc) is 2.84. The van der Waals surface area contributed by atoms with Gasteiger partial charge in [-0.2, -0.15) is 0 Å². The van der Waals surface area contributed by atoms with E-state index in [1.807, 2.05) is 13.2 Å². The third-order valence-electron chi connectivity index (χ3n) is 2.98. The number of hydrogen-bond donors (Lipinski definition) is 1. The number of likely N-dealkylation sites (tertiary alicyclic amines) is 1. The Hall–Kier alpha value is -0.870. The lowest BCUT2D eigenvalue weighted by Crippen LogP contribution is -2.22. The molecule has 1 fully saturated rings. The van der Waals surface area contributed by atoms with Gasteiger partial charge in [0, 0.05) is 0 Å². The number of aromatic nitrogens is 1. The van der Waals surface area contributed by atoms with Crippen LogP contribution in [0.15, 0.2) is 10.6 Å². The fraction of sp³-hybridized carbons (Fsp3) is 0.727. The van der Waals surface area contributed by atoms with Crippen LogP contribution in [0.2, 0.25) is 0 Å². The van der Waals surface area contributed by atoms with Gasteiger partial charge < -0.3 is 9.73 Å². The molecule has 0 spiro atoms. The molecule has 15 heavy (non-hydrogen) atoms. The van der Waals surface area contributed by atoms with Crippen LogP contribution >= 0.6 is 0 Å². The highest BCUT2D eigenvalue weighted by Gasteiger charge is 2.28. The third kappa shape index (κ3) is 2.21. The molecule has 0 amide bonds. The van der Waals surface area contributed by atoms with Crippen molar-refractivity contribution in [3.8, 4) is 0 Å². The molecular formula is C11H19N3O. The highest BCUT2D eigenvalue weighted by Crippen LogP contribution is 2.30. The summed E-state index contributed by atoms with van der Waals surface area (Å²) in [6.45, 7) is 5.20. The van der Waals surface area contributed by atoms with Gasteiger partial charge in [-0.05, 0) is 33.0 Å². The van der Waals surface area contributed by atoms with E-state index in [0.29, 0.717) is 6.04 Å². The quantitative estimate of drug-likeness (QED) is 0.817. The maximum Gasteiger partial charge on any atom is 0.211 e. The van der Waals surface area contributed by atoms with Crippen molar-refractivity contribution in [1.29, 1.82) is 0 Å². The summed E-state index contributed by atoms with van der Waals surface area (Å²) in [4.78, 5) is 6.79. The van der Waals surface area contributed by atoms with Crippen LogP contribution in [0.3, 0.4) is 0 Å². The lowest BCUT2D eigenvalue weighted by Gasteiger charge is -2.19. The Bertz CT molecular complexity index is 311. The Morgan fingerprint density at radius 3 is 3.27 bits per heavy atom. The minimum Gasteiger partial charge on any atom is -0.443 e. The van der Waals surface area contributed by atoms with Crippen molar-refractivity contribution in [1.82, 2.24) is 15.2 Å². The molecule has 4 heteroatoms. The molecule has 0 aliphatic carbocycles. The summed E-state index contributed by atoms with van der Waals surface area (Å²) in [5.41, 5.74) is 0. The van der Waals surface area contributed by atoms with E-state index in [2.05, 4.69) is 22.1 Å².